The SMILES string of the molecule is CS(=O)(=O)c1nc(C(=O)NCCS(N)(=O)=O)c2ccccn12. The molecule has 9 nitrogen and oxygen atoms in total. The molecule has 11 heteroatoms. The van der Waals surface area contributed by atoms with E-state index < -0.39 is 31.5 Å². The number of fused-ring (bicyclic) bond motifs is 1. The van der Waals surface area contributed by atoms with Crippen molar-refractivity contribution in [2.75, 3.05) is 18.6 Å². The molecule has 0 aromatic carbocycles. The molecule has 0 saturated heterocycles. The second-order valence-electron chi connectivity index (χ2n) is 4.59. The van der Waals surface area contributed by atoms with Gasteiger partial charge in [-0.3, -0.25) is 9.20 Å². The Bertz CT molecular complexity index is 931. The van der Waals surface area contributed by atoms with Crippen molar-refractivity contribution in [1.29, 1.82) is 0 Å². The molecule has 2 rings (SSSR count). The first kappa shape index (κ1) is 16.4. The smallest absolute Gasteiger partial charge is 0.272 e. The fourth-order valence-corrected chi connectivity index (χ4v) is 2.99. The number of nitrogens with two attached hydrogens (primary N) is 1. The summed E-state index contributed by atoms with van der Waals surface area (Å²) in [6, 6.07) is 4.77. The number of hydrogen-bond donors (Lipinski definition) is 2. The van der Waals surface area contributed by atoms with E-state index in [1.54, 1.807) is 12.1 Å². The fraction of sp³-hybridized carbons (Fsp3) is 0.273. The average molecular weight is 346 g/mol. The van der Waals surface area contributed by atoms with E-state index in [1.165, 1.54) is 16.7 Å². The summed E-state index contributed by atoms with van der Waals surface area (Å²) in [6.45, 7) is -0.197. The van der Waals surface area contributed by atoms with Crippen molar-refractivity contribution in [3.63, 3.8) is 0 Å². The lowest BCUT2D eigenvalue weighted by Gasteiger charge is -2.02. The van der Waals surface area contributed by atoms with Gasteiger partial charge < -0.3 is 5.32 Å². The minimum Gasteiger partial charge on any atom is -0.350 e. The molecule has 0 saturated carbocycles. The van der Waals surface area contributed by atoms with Gasteiger partial charge in [0.25, 0.3) is 5.91 Å². The Morgan fingerprint density at radius 2 is 2.00 bits per heavy atom. The molecule has 2 aromatic rings. The van der Waals surface area contributed by atoms with E-state index in [9.17, 15) is 21.6 Å². The molecular weight excluding hydrogens is 332 g/mol. The van der Waals surface area contributed by atoms with E-state index >= 15 is 0 Å². The maximum atomic E-state index is 12.1. The highest BCUT2D eigenvalue weighted by molar-refractivity contribution is 7.90. The summed E-state index contributed by atoms with van der Waals surface area (Å²) < 4.78 is 46.4. The third-order valence-corrected chi connectivity index (χ3v) is 4.46. The number of primary sulfonamides is 1. The van der Waals surface area contributed by atoms with Gasteiger partial charge in [-0.05, 0) is 12.1 Å². The van der Waals surface area contributed by atoms with E-state index in [0.29, 0.717) is 5.52 Å². The number of aromatic nitrogens is 2. The lowest BCUT2D eigenvalue weighted by atomic mass is 10.3. The minimum atomic E-state index is -3.70. The maximum Gasteiger partial charge on any atom is 0.272 e. The molecule has 2 heterocycles. The van der Waals surface area contributed by atoms with Crippen molar-refractivity contribution >= 4 is 31.3 Å². The molecule has 3 N–H and O–H groups in total. The Labute approximate surface area is 127 Å². The first-order valence-electron chi connectivity index (χ1n) is 6.05. The van der Waals surface area contributed by atoms with Gasteiger partial charge in [0.15, 0.2) is 5.69 Å². The van der Waals surface area contributed by atoms with Gasteiger partial charge in [-0.2, -0.15) is 0 Å². The summed E-state index contributed by atoms with van der Waals surface area (Å²) in [5.74, 6) is -1.11. The molecule has 0 unspecified atom stereocenters. The summed E-state index contributed by atoms with van der Waals surface area (Å²) in [5.41, 5.74) is 0.200. The Morgan fingerprint density at radius 3 is 2.59 bits per heavy atom. The first-order valence-corrected chi connectivity index (χ1v) is 9.66. The number of nitrogens with zero attached hydrogens (tertiary/aromatic N) is 2. The van der Waals surface area contributed by atoms with Crippen LogP contribution in [0.25, 0.3) is 5.52 Å². The predicted molar refractivity (Wildman–Crippen MR) is 78.6 cm³/mol. The lowest BCUT2D eigenvalue weighted by molar-refractivity contribution is 0.0953. The van der Waals surface area contributed by atoms with E-state index in [2.05, 4.69) is 10.3 Å². The Balaban J connectivity index is 2.38. The van der Waals surface area contributed by atoms with E-state index in [-0.39, 0.29) is 17.4 Å². The van der Waals surface area contributed by atoms with Crippen LogP contribution in [0.4, 0.5) is 0 Å². The van der Waals surface area contributed by atoms with Crippen LogP contribution in [0.1, 0.15) is 10.5 Å². The van der Waals surface area contributed by atoms with Gasteiger partial charge >= 0.3 is 0 Å². The standard InChI is InChI=1S/C11H14N4O5S2/c1-21(17,18)11-14-9(8-4-2-3-6-15(8)11)10(16)13-5-7-22(12,19)20/h2-4,6H,5,7H2,1H3,(H,13,16)(H2,12,19,20). The molecule has 0 aliphatic carbocycles. The Kier molecular flexibility index (Phi) is 4.22. The van der Waals surface area contributed by atoms with Gasteiger partial charge in [-0.1, -0.05) is 6.07 Å². The van der Waals surface area contributed by atoms with Crippen LogP contribution in [-0.4, -0.2) is 50.7 Å². The molecular formula is C11H14N4O5S2. The highest BCUT2D eigenvalue weighted by atomic mass is 32.2. The van der Waals surface area contributed by atoms with Crippen LogP contribution in [-0.2, 0) is 19.9 Å². The normalized spacial score (nSPS) is 12.5. The van der Waals surface area contributed by atoms with Crippen molar-refractivity contribution in [2.45, 2.75) is 5.16 Å². The quantitative estimate of drug-likeness (QED) is 0.693. The number of pyridine rings is 1. The summed E-state index contributed by atoms with van der Waals surface area (Å²) in [6.07, 6.45) is 2.46. The van der Waals surface area contributed by atoms with E-state index in [4.69, 9.17) is 5.14 Å². The zero-order chi connectivity index (χ0) is 16.5. The van der Waals surface area contributed by atoms with Crippen LogP contribution >= 0.6 is 0 Å². The second-order valence-corrected chi connectivity index (χ2v) is 8.24. The molecule has 1 amide bonds. The Hall–Kier alpha value is -1.98. The number of hydrogen-bond acceptors (Lipinski definition) is 6. The highest BCUT2D eigenvalue weighted by Crippen LogP contribution is 2.16. The molecule has 0 spiro atoms. The lowest BCUT2D eigenvalue weighted by Crippen LogP contribution is -2.31. The molecule has 0 atom stereocenters. The van der Waals surface area contributed by atoms with Crippen LogP contribution < -0.4 is 10.5 Å². The number of imidazole rings is 1. The van der Waals surface area contributed by atoms with Crippen LogP contribution in [0, 0.1) is 0 Å². The van der Waals surface area contributed by atoms with Crippen molar-refractivity contribution < 1.29 is 21.6 Å². The molecule has 0 radical (unpaired) electrons. The fourth-order valence-electron chi connectivity index (χ4n) is 1.83. The third kappa shape index (κ3) is 3.61. The van der Waals surface area contributed by atoms with Gasteiger partial charge in [0.2, 0.25) is 25.0 Å². The van der Waals surface area contributed by atoms with E-state index in [0.717, 1.165) is 6.26 Å². The molecule has 0 aliphatic heterocycles. The number of sulfonamides is 1. The number of carbonyl (C=O) groups is 1. The maximum absolute atomic E-state index is 12.1. The van der Waals surface area contributed by atoms with E-state index in [1.807, 2.05) is 0 Å². The monoisotopic (exact) mass is 346 g/mol. The average Bonchev–Trinajstić information content (AvgIpc) is 2.76. The summed E-state index contributed by atoms with van der Waals surface area (Å²) in [7, 11) is -7.33. The van der Waals surface area contributed by atoms with Crippen molar-refractivity contribution in [1.82, 2.24) is 14.7 Å². The Morgan fingerprint density at radius 1 is 1.32 bits per heavy atom. The largest absolute Gasteiger partial charge is 0.350 e. The van der Waals surface area contributed by atoms with Gasteiger partial charge in [0.1, 0.15) is 0 Å². The van der Waals surface area contributed by atoms with Crippen molar-refractivity contribution in [3.05, 3.63) is 30.1 Å². The molecule has 120 valence electrons. The minimum absolute atomic E-state index is 0.101. The number of rotatable bonds is 5. The first-order chi connectivity index (χ1) is 10.1. The molecule has 0 aliphatic rings. The number of sulfone groups is 1. The number of amides is 1. The van der Waals surface area contributed by atoms with Crippen LogP contribution in [0.3, 0.4) is 0 Å². The zero-order valence-corrected chi connectivity index (χ0v) is 13.2. The topological polar surface area (TPSA) is 141 Å². The van der Waals surface area contributed by atoms with Crippen LogP contribution in [0.5, 0.6) is 0 Å². The molecule has 0 bridgehead atoms. The summed E-state index contributed by atoms with van der Waals surface area (Å²) in [5, 5.41) is 6.91. The highest BCUT2D eigenvalue weighted by Gasteiger charge is 2.22. The molecule has 2 aromatic heterocycles. The van der Waals surface area contributed by atoms with Crippen molar-refractivity contribution in [2.24, 2.45) is 5.14 Å². The molecule has 22 heavy (non-hydrogen) atoms. The molecule has 0 fully saturated rings. The summed E-state index contributed by atoms with van der Waals surface area (Å²) >= 11 is 0. The summed E-state index contributed by atoms with van der Waals surface area (Å²) in [4.78, 5) is 15.9. The predicted octanol–water partition coefficient (Wildman–Crippen LogP) is -1.24. The van der Waals surface area contributed by atoms with Crippen molar-refractivity contribution in [3.8, 4) is 0 Å². The second kappa shape index (κ2) is 5.66. The van der Waals surface area contributed by atoms with Crippen LogP contribution in [0.15, 0.2) is 29.6 Å². The zero-order valence-electron chi connectivity index (χ0n) is 11.6. The number of nitrogens with one attached hydrogen (secondary N) is 1. The third-order valence-electron chi connectivity index (χ3n) is 2.73. The number of carbonyl (C=O) groups excluding carboxylic acids is 1. The van der Waals surface area contributed by atoms with Crippen LogP contribution in [0.2, 0.25) is 0 Å². The van der Waals surface area contributed by atoms with Gasteiger partial charge in [0.05, 0.1) is 11.3 Å². The van der Waals surface area contributed by atoms with Gasteiger partial charge in [-0.15, -0.1) is 0 Å². The van der Waals surface area contributed by atoms with Gasteiger partial charge in [-0.25, -0.2) is 27.0 Å². The van der Waals surface area contributed by atoms with Gasteiger partial charge in [0, 0.05) is 19.0 Å².